The summed E-state index contributed by atoms with van der Waals surface area (Å²) in [6, 6.07) is 70.5. The van der Waals surface area contributed by atoms with Crippen LogP contribution in [0.3, 0.4) is 0 Å². The first-order valence-electron chi connectivity index (χ1n) is 23.2. The van der Waals surface area contributed by atoms with Crippen LogP contribution in [-0.2, 0) is 0 Å². The van der Waals surface area contributed by atoms with Gasteiger partial charge in [-0.05, 0) is 138 Å². The predicted octanol–water partition coefficient (Wildman–Crippen LogP) is 19.7. The molecule has 14 rings (SSSR count). The van der Waals surface area contributed by atoms with E-state index in [2.05, 4.69) is 196 Å². The van der Waals surface area contributed by atoms with E-state index in [9.17, 15) is 0 Å². The SMILES string of the molecule is C=Cc1c(/C=C\C)c(-c2cccc3c2sc2ccc(-c4c5ccccc5c(-c5ccc6c(c5)oc5ccccc56)c5ccccc45)cc23)c2ccccc2c1-c1ccc2c(c1)oc1ccccc12. The highest BCUT2D eigenvalue weighted by Crippen LogP contribution is 2.50. The van der Waals surface area contributed by atoms with E-state index in [-0.39, 0.29) is 0 Å². The maximum absolute atomic E-state index is 6.43. The fraction of sp³-hybridized carbons (Fsp3) is 0.0154. The Morgan fingerprint density at radius 2 is 0.809 bits per heavy atom. The van der Waals surface area contributed by atoms with Crippen LogP contribution in [0.4, 0.5) is 0 Å². The minimum atomic E-state index is 0.881. The van der Waals surface area contributed by atoms with Crippen molar-refractivity contribution in [2.24, 2.45) is 0 Å². The highest BCUT2D eigenvalue weighted by atomic mass is 32.1. The third-order valence-corrected chi connectivity index (χ3v) is 15.4. The second kappa shape index (κ2) is 15.0. The lowest BCUT2D eigenvalue weighted by molar-refractivity contribution is 0.668. The van der Waals surface area contributed by atoms with Crippen LogP contribution in [0.15, 0.2) is 216 Å². The molecule has 11 aromatic carbocycles. The monoisotopic (exact) mass is 884 g/mol. The lowest BCUT2D eigenvalue weighted by atomic mass is 9.83. The van der Waals surface area contributed by atoms with E-state index in [1.165, 1.54) is 80.3 Å². The van der Waals surface area contributed by atoms with Gasteiger partial charge in [-0.2, -0.15) is 0 Å². The summed E-state index contributed by atoms with van der Waals surface area (Å²) in [5.41, 5.74) is 15.4. The summed E-state index contributed by atoms with van der Waals surface area (Å²) in [5.74, 6) is 0. The fourth-order valence-corrected chi connectivity index (χ4v) is 12.5. The molecule has 0 bridgehead atoms. The standard InChI is InChI=1S/C65H40O2S/c1-3-16-46-41(4-2)61(39-29-32-44-42-17-11-13-27-56(42)66-58(44)36-39)51-23-9-10-24-52(51)64(46)54-26-15-25-53-55-35-38(31-34-60(55)68-65(53)54)62-47-19-5-7-21-49(47)63(50-22-8-6-20-48(50)62)40-30-33-45-43-18-12-14-28-57(43)67-59(45)37-40/h3-37H,2H2,1H3/b16-3-. The molecule has 3 heteroatoms. The predicted molar refractivity (Wildman–Crippen MR) is 293 cm³/mol. The Bertz CT molecular complexity index is 4420. The van der Waals surface area contributed by atoms with Crippen molar-refractivity contribution < 1.29 is 8.83 Å². The van der Waals surface area contributed by atoms with E-state index in [1.807, 2.05) is 41.7 Å². The molecule has 14 aromatic rings. The minimum Gasteiger partial charge on any atom is -0.456 e. The molecule has 68 heavy (non-hydrogen) atoms. The van der Waals surface area contributed by atoms with E-state index >= 15 is 0 Å². The summed E-state index contributed by atoms with van der Waals surface area (Å²) < 4.78 is 15.4. The van der Waals surface area contributed by atoms with Gasteiger partial charge in [-0.1, -0.05) is 170 Å². The molecule has 0 radical (unpaired) electrons. The van der Waals surface area contributed by atoms with Crippen molar-refractivity contribution in [2.75, 3.05) is 0 Å². The molecule has 3 aromatic heterocycles. The van der Waals surface area contributed by atoms with Crippen molar-refractivity contribution in [3.05, 3.63) is 218 Å². The van der Waals surface area contributed by atoms with Gasteiger partial charge in [0, 0.05) is 47.3 Å². The van der Waals surface area contributed by atoms with Crippen LogP contribution >= 0.6 is 11.3 Å². The number of para-hydroxylation sites is 2. The van der Waals surface area contributed by atoms with E-state index in [1.54, 1.807) is 0 Å². The van der Waals surface area contributed by atoms with Crippen molar-refractivity contribution in [3.63, 3.8) is 0 Å². The summed E-state index contributed by atoms with van der Waals surface area (Å²) in [5, 5.41) is 14.3. The largest absolute Gasteiger partial charge is 0.456 e. The number of thiophene rings is 1. The Balaban J connectivity index is 0.969. The molecule has 0 saturated carbocycles. The van der Waals surface area contributed by atoms with E-state index in [0.29, 0.717) is 0 Å². The average molecular weight is 885 g/mol. The Labute approximate surface area is 395 Å². The van der Waals surface area contributed by atoms with Crippen LogP contribution < -0.4 is 0 Å². The molecule has 0 amide bonds. The Hall–Kier alpha value is -8.50. The normalized spacial score (nSPS) is 12.2. The zero-order valence-corrected chi connectivity index (χ0v) is 38.0. The number of allylic oxidation sites excluding steroid dienone is 1. The fourth-order valence-electron chi connectivity index (χ4n) is 11.3. The van der Waals surface area contributed by atoms with E-state index < -0.39 is 0 Å². The van der Waals surface area contributed by atoms with Crippen LogP contribution in [0.25, 0.3) is 153 Å². The summed E-state index contributed by atoms with van der Waals surface area (Å²) in [6.07, 6.45) is 6.46. The summed E-state index contributed by atoms with van der Waals surface area (Å²) in [7, 11) is 0. The van der Waals surface area contributed by atoms with Gasteiger partial charge in [-0.25, -0.2) is 0 Å². The van der Waals surface area contributed by atoms with E-state index in [4.69, 9.17) is 8.83 Å². The van der Waals surface area contributed by atoms with Gasteiger partial charge >= 0.3 is 0 Å². The molecule has 0 fully saturated rings. The molecule has 0 spiro atoms. The molecule has 0 N–H and O–H groups in total. The Morgan fingerprint density at radius 3 is 1.35 bits per heavy atom. The van der Waals surface area contributed by atoms with Crippen LogP contribution in [0.5, 0.6) is 0 Å². The first kappa shape index (κ1) is 38.7. The maximum Gasteiger partial charge on any atom is 0.136 e. The zero-order valence-electron chi connectivity index (χ0n) is 37.1. The molecule has 3 heterocycles. The molecule has 0 aliphatic carbocycles. The second-order valence-corrected chi connectivity index (χ2v) is 18.8. The van der Waals surface area contributed by atoms with Crippen LogP contribution in [0, 0.1) is 0 Å². The molecule has 0 aliphatic rings. The molecule has 2 nitrogen and oxygen atoms in total. The van der Waals surface area contributed by atoms with Crippen LogP contribution in [0.1, 0.15) is 18.1 Å². The summed E-state index contributed by atoms with van der Waals surface area (Å²) >= 11 is 1.88. The van der Waals surface area contributed by atoms with Crippen molar-refractivity contribution >= 4 is 120 Å². The Kier molecular flexibility index (Phi) is 8.55. The lowest BCUT2D eigenvalue weighted by Crippen LogP contribution is -1.96. The molecule has 0 saturated heterocycles. The highest BCUT2D eigenvalue weighted by Gasteiger charge is 2.23. The number of furan rings is 2. The molecular formula is C65H40O2S. The third-order valence-electron chi connectivity index (χ3n) is 14.2. The summed E-state index contributed by atoms with van der Waals surface area (Å²) in [4.78, 5) is 0. The van der Waals surface area contributed by atoms with Crippen LogP contribution in [-0.4, -0.2) is 0 Å². The topological polar surface area (TPSA) is 26.3 Å². The van der Waals surface area contributed by atoms with Gasteiger partial charge < -0.3 is 8.83 Å². The molecule has 0 atom stereocenters. The minimum absolute atomic E-state index is 0.881. The average Bonchev–Trinajstić information content (AvgIpc) is 4.08. The van der Waals surface area contributed by atoms with Gasteiger partial charge in [-0.3, -0.25) is 0 Å². The van der Waals surface area contributed by atoms with Gasteiger partial charge in [0.2, 0.25) is 0 Å². The van der Waals surface area contributed by atoms with Crippen molar-refractivity contribution in [1.29, 1.82) is 0 Å². The van der Waals surface area contributed by atoms with Crippen molar-refractivity contribution in [2.45, 2.75) is 6.92 Å². The van der Waals surface area contributed by atoms with Crippen molar-refractivity contribution in [3.8, 4) is 44.5 Å². The number of hydrogen-bond acceptors (Lipinski definition) is 3. The van der Waals surface area contributed by atoms with Gasteiger partial charge in [0.25, 0.3) is 0 Å². The zero-order chi connectivity index (χ0) is 45.0. The first-order chi connectivity index (χ1) is 33.6. The number of benzene rings is 11. The quantitative estimate of drug-likeness (QED) is 0.156. The third kappa shape index (κ3) is 5.63. The molecule has 0 aliphatic heterocycles. The van der Waals surface area contributed by atoms with Gasteiger partial charge in [0.15, 0.2) is 0 Å². The number of fused-ring (bicyclic) bond motifs is 12. The molecule has 318 valence electrons. The first-order valence-corrected chi connectivity index (χ1v) is 24.0. The lowest BCUT2D eigenvalue weighted by Gasteiger charge is -2.20. The van der Waals surface area contributed by atoms with Gasteiger partial charge in [0.05, 0.1) is 0 Å². The smallest absolute Gasteiger partial charge is 0.136 e. The second-order valence-electron chi connectivity index (χ2n) is 17.8. The van der Waals surface area contributed by atoms with E-state index in [0.717, 1.165) is 71.7 Å². The summed E-state index contributed by atoms with van der Waals surface area (Å²) in [6.45, 7) is 6.57. The van der Waals surface area contributed by atoms with Gasteiger partial charge in [-0.15, -0.1) is 11.3 Å². The molecular weight excluding hydrogens is 845 g/mol. The van der Waals surface area contributed by atoms with Gasteiger partial charge in [0.1, 0.15) is 22.3 Å². The number of hydrogen-bond donors (Lipinski definition) is 0. The molecule has 0 unspecified atom stereocenters. The number of rotatable bonds is 6. The maximum atomic E-state index is 6.43. The van der Waals surface area contributed by atoms with Crippen LogP contribution in [0.2, 0.25) is 0 Å². The Morgan fingerprint density at radius 1 is 0.368 bits per heavy atom. The highest BCUT2D eigenvalue weighted by molar-refractivity contribution is 7.26. The van der Waals surface area contributed by atoms with Crippen molar-refractivity contribution in [1.82, 2.24) is 0 Å².